The second kappa shape index (κ2) is 8.91. The molecule has 2 aromatic rings. The van der Waals surface area contributed by atoms with E-state index in [0.29, 0.717) is 13.0 Å². The number of hydrogen-bond donors (Lipinski definition) is 1. The van der Waals surface area contributed by atoms with Gasteiger partial charge in [0.1, 0.15) is 0 Å². The first kappa shape index (κ1) is 19.9. The fourth-order valence-electron chi connectivity index (χ4n) is 3.80. The Balaban J connectivity index is 1.65. The molecule has 148 valence electrons. The third-order valence-electron chi connectivity index (χ3n) is 5.42. The summed E-state index contributed by atoms with van der Waals surface area (Å²) in [5.74, 6) is -1.63. The van der Waals surface area contributed by atoms with Crippen LogP contribution in [0.25, 0.3) is 0 Å². The van der Waals surface area contributed by atoms with Gasteiger partial charge in [-0.05, 0) is 38.0 Å². The first-order chi connectivity index (χ1) is 13.0. The molecule has 0 radical (unpaired) electrons. The Morgan fingerprint density at radius 1 is 1.19 bits per heavy atom. The van der Waals surface area contributed by atoms with Crippen LogP contribution in [-0.2, 0) is 19.6 Å². The molecule has 1 aliphatic heterocycles. The van der Waals surface area contributed by atoms with Crippen molar-refractivity contribution in [2.45, 2.75) is 45.9 Å². The summed E-state index contributed by atoms with van der Waals surface area (Å²) in [5.41, 5.74) is 3.18. The van der Waals surface area contributed by atoms with E-state index in [9.17, 15) is 13.9 Å². The Bertz CT molecular complexity index is 764. The van der Waals surface area contributed by atoms with Gasteiger partial charge in [-0.1, -0.05) is 6.07 Å². The smallest absolute Gasteiger partial charge is 0.159 e. The zero-order valence-corrected chi connectivity index (χ0v) is 16.0. The van der Waals surface area contributed by atoms with E-state index in [1.807, 2.05) is 10.9 Å². The maximum atomic E-state index is 13.5. The Morgan fingerprint density at radius 3 is 2.67 bits per heavy atom. The predicted octanol–water partition coefficient (Wildman–Crippen LogP) is 2.56. The number of hydrogen-bond acceptors (Lipinski definition) is 4. The lowest BCUT2D eigenvalue weighted by atomic mass is 10.1. The van der Waals surface area contributed by atoms with Gasteiger partial charge in [-0.25, -0.2) is 8.78 Å². The lowest BCUT2D eigenvalue weighted by Crippen LogP contribution is -2.52. The average molecular weight is 378 g/mol. The van der Waals surface area contributed by atoms with E-state index >= 15 is 0 Å². The topological polar surface area (TPSA) is 44.5 Å². The van der Waals surface area contributed by atoms with Crippen molar-refractivity contribution in [3.8, 4) is 0 Å². The minimum atomic E-state index is -0.821. The van der Waals surface area contributed by atoms with Gasteiger partial charge in [-0.2, -0.15) is 5.10 Å². The lowest BCUT2D eigenvalue weighted by molar-refractivity contribution is 0.0498. The third-order valence-corrected chi connectivity index (χ3v) is 5.42. The van der Waals surface area contributed by atoms with E-state index in [-0.39, 0.29) is 12.6 Å². The molecule has 1 aromatic heterocycles. The van der Waals surface area contributed by atoms with Crippen LogP contribution >= 0.6 is 0 Å². The molecule has 0 bridgehead atoms. The third kappa shape index (κ3) is 4.72. The number of aliphatic hydroxyl groups excluding tert-OH is 1. The zero-order valence-electron chi connectivity index (χ0n) is 16.0. The highest BCUT2D eigenvalue weighted by molar-refractivity contribution is 5.18. The van der Waals surface area contributed by atoms with Crippen LogP contribution in [0.2, 0.25) is 0 Å². The van der Waals surface area contributed by atoms with Gasteiger partial charge in [0.25, 0.3) is 0 Å². The fourth-order valence-corrected chi connectivity index (χ4v) is 3.80. The Hall–Kier alpha value is -1.83. The van der Waals surface area contributed by atoms with Crippen LogP contribution in [0, 0.1) is 18.6 Å². The zero-order chi connectivity index (χ0) is 19.4. The fraction of sp³-hybridized carbons (Fsp3) is 0.550. The van der Waals surface area contributed by atoms with Crippen LogP contribution in [0.4, 0.5) is 8.78 Å². The molecule has 1 unspecified atom stereocenters. The number of rotatable bonds is 7. The molecule has 27 heavy (non-hydrogen) atoms. The van der Waals surface area contributed by atoms with Crippen molar-refractivity contribution in [1.29, 1.82) is 0 Å². The van der Waals surface area contributed by atoms with Crippen LogP contribution in [0.5, 0.6) is 0 Å². The molecule has 7 heteroatoms. The second-order valence-electron chi connectivity index (χ2n) is 7.19. The lowest BCUT2D eigenvalue weighted by Gasteiger charge is -2.41. The minimum Gasteiger partial charge on any atom is -0.396 e. The monoisotopic (exact) mass is 378 g/mol. The molecule has 1 saturated heterocycles. The molecule has 3 rings (SSSR count). The van der Waals surface area contributed by atoms with E-state index < -0.39 is 11.6 Å². The van der Waals surface area contributed by atoms with E-state index in [1.54, 1.807) is 6.07 Å². The van der Waals surface area contributed by atoms with Crippen LogP contribution in [-0.4, -0.2) is 57.0 Å². The molecule has 0 saturated carbocycles. The summed E-state index contributed by atoms with van der Waals surface area (Å²) in [5, 5.41) is 13.9. The van der Waals surface area contributed by atoms with Gasteiger partial charge in [0.2, 0.25) is 0 Å². The molecule has 1 aliphatic rings. The summed E-state index contributed by atoms with van der Waals surface area (Å²) in [6.45, 7) is 9.10. The summed E-state index contributed by atoms with van der Waals surface area (Å²) in [7, 11) is 0. The number of piperazine rings is 1. The standard InChI is InChI=1S/C20H28F2N4O/c1-3-26-15(2)17(11-23-26)13-24-7-8-25(18(14-24)6-9-27)12-16-4-5-19(21)20(22)10-16/h4-5,10-11,18,27H,3,6-9,12-14H2,1-2H3. The molecule has 0 amide bonds. The van der Waals surface area contributed by atoms with Crippen molar-refractivity contribution in [2.75, 3.05) is 26.2 Å². The highest BCUT2D eigenvalue weighted by Crippen LogP contribution is 2.20. The van der Waals surface area contributed by atoms with Gasteiger partial charge in [-0.3, -0.25) is 14.5 Å². The van der Waals surface area contributed by atoms with Crippen molar-refractivity contribution in [1.82, 2.24) is 19.6 Å². The summed E-state index contributed by atoms with van der Waals surface area (Å²) in [4.78, 5) is 4.63. The molecule has 0 spiro atoms. The van der Waals surface area contributed by atoms with Gasteiger partial charge >= 0.3 is 0 Å². The first-order valence-corrected chi connectivity index (χ1v) is 9.54. The summed E-state index contributed by atoms with van der Waals surface area (Å²) in [6, 6.07) is 4.25. The number of aryl methyl sites for hydroxylation is 1. The van der Waals surface area contributed by atoms with Gasteiger partial charge in [-0.15, -0.1) is 0 Å². The van der Waals surface area contributed by atoms with Gasteiger partial charge < -0.3 is 5.11 Å². The Labute approximate surface area is 159 Å². The molecular weight excluding hydrogens is 350 g/mol. The number of nitrogens with zero attached hydrogens (tertiary/aromatic N) is 4. The average Bonchev–Trinajstić information content (AvgIpc) is 3.00. The molecule has 2 heterocycles. The normalized spacial score (nSPS) is 18.9. The molecule has 5 nitrogen and oxygen atoms in total. The number of aromatic nitrogens is 2. The number of benzene rings is 1. The van der Waals surface area contributed by atoms with E-state index in [1.165, 1.54) is 23.4 Å². The maximum absolute atomic E-state index is 13.5. The molecule has 1 atom stereocenters. The van der Waals surface area contributed by atoms with Gasteiger partial charge in [0.05, 0.1) is 6.20 Å². The predicted molar refractivity (Wildman–Crippen MR) is 100 cm³/mol. The highest BCUT2D eigenvalue weighted by Gasteiger charge is 2.27. The van der Waals surface area contributed by atoms with Crippen molar-refractivity contribution < 1.29 is 13.9 Å². The summed E-state index contributed by atoms with van der Waals surface area (Å²) in [6.07, 6.45) is 2.60. The minimum absolute atomic E-state index is 0.111. The van der Waals surface area contributed by atoms with Crippen LogP contribution in [0.1, 0.15) is 30.2 Å². The Kier molecular flexibility index (Phi) is 6.57. The molecule has 1 aromatic carbocycles. The second-order valence-corrected chi connectivity index (χ2v) is 7.19. The summed E-state index contributed by atoms with van der Waals surface area (Å²) >= 11 is 0. The van der Waals surface area contributed by atoms with E-state index in [0.717, 1.165) is 38.3 Å². The number of halogens is 2. The van der Waals surface area contributed by atoms with Crippen molar-refractivity contribution in [2.24, 2.45) is 0 Å². The van der Waals surface area contributed by atoms with Crippen LogP contribution in [0.3, 0.4) is 0 Å². The molecule has 0 aliphatic carbocycles. The summed E-state index contributed by atoms with van der Waals surface area (Å²) < 4.78 is 28.7. The van der Waals surface area contributed by atoms with Gasteiger partial charge in [0, 0.05) is 63.2 Å². The van der Waals surface area contributed by atoms with E-state index in [4.69, 9.17) is 0 Å². The Morgan fingerprint density at radius 2 is 2.00 bits per heavy atom. The molecule has 1 N–H and O–H groups in total. The highest BCUT2D eigenvalue weighted by atomic mass is 19.2. The maximum Gasteiger partial charge on any atom is 0.159 e. The van der Waals surface area contributed by atoms with Gasteiger partial charge in [0.15, 0.2) is 11.6 Å². The number of aliphatic hydroxyl groups is 1. The van der Waals surface area contributed by atoms with Crippen molar-refractivity contribution in [3.05, 3.63) is 52.9 Å². The van der Waals surface area contributed by atoms with E-state index in [2.05, 4.69) is 28.7 Å². The first-order valence-electron chi connectivity index (χ1n) is 9.54. The van der Waals surface area contributed by atoms with Crippen LogP contribution < -0.4 is 0 Å². The largest absolute Gasteiger partial charge is 0.396 e. The van der Waals surface area contributed by atoms with Crippen molar-refractivity contribution >= 4 is 0 Å². The molecular formula is C20H28F2N4O. The quantitative estimate of drug-likeness (QED) is 0.804. The van der Waals surface area contributed by atoms with Crippen molar-refractivity contribution in [3.63, 3.8) is 0 Å². The van der Waals surface area contributed by atoms with Crippen LogP contribution in [0.15, 0.2) is 24.4 Å². The molecule has 1 fully saturated rings. The SMILES string of the molecule is CCn1ncc(CN2CCN(Cc3ccc(F)c(F)c3)C(CCO)C2)c1C.